The lowest BCUT2D eigenvalue weighted by Gasteiger charge is -2.60. The molecule has 0 aromatic rings. The van der Waals surface area contributed by atoms with E-state index >= 15 is 0 Å². The lowest BCUT2D eigenvalue weighted by atomic mass is 9.44. The van der Waals surface area contributed by atoms with Crippen LogP contribution in [0.4, 0.5) is 13.2 Å². The molecule has 200 valence electrons. The SMILES string of the molecule is CC(C)CCC[C@@H](C)[C@H]1CC[C@H]2[C@@H]3CC[C@@]45O[C@@H]4[C@@H](OC(=O)C(F)(F)F)CC[C@]5(C)[C@H]3CC[C@]12C. The average molecular weight is 499 g/mol. The van der Waals surface area contributed by atoms with Crippen LogP contribution in [0, 0.1) is 46.3 Å². The molecule has 0 unspecified atom stereocenters. The van der Waals surface area contributed by atoms with Crippen molar-refractivity contribution in [2.75, 3.05) is 0 Å². The lowest BCUT2D eigenvalue weighted by Crippen LogP contribution is -2.59. The normalized spacial score (nSPS) is 47.3. The number of carbonyl (C=O) groups is 1. The zero-order chi connectivity index (χ0) is 25.4. The topological polar surface area (TPSA) is 38.8 Å². The van der Waals surface area contributed by atoms with Gasteiger partial charge in [0.1, 0.15) is 17.8 Å². The molecule has 4 aliphatic carbocycles. The Labute approximate surface area is 209 Å². The van der Waals surface area contributed by atoms with Gasteiger partial charge in [-0.15, -0.1) is 0 Å². The van der Waals surface area contributed by atoms with Crippen LogP contribution in [0.2, 0.25) is 0 Å². The minimum Gasteiger partial charge on any atom is -0.453 e. The number of ether oxygens (including phenoxy) is 2. The zero-order valence-corrected chi connectivity index (χ0v) is 22.3. The molecule has 10 atom stereocenters. The summed E-state index contributed by atoms with van der Waals surface area (Å²) in [6.45, 7) is 12.1. The van der Waals surface area contributed by atoms with Gasteiger partial charge in [-0.25, -0.2) is 4.79 Å². The fourth-order valence-electron chi connectivity index (χ4n) is 10.0. The highest BCUT2D eigenvalue weighted by Crippen LogP contribution is 2.74. The monoisotopic (exact) mass is 498 g/mol. The fraction of sp³-hybridized carbons (Fsp3) is 0.966. The van der Waals surface area contributed by atoms with E-state index in [4.69, 9.17) is 9.47 Å². The number of rotatable bonds is 6. The van der Waals surface area contributed by atoms with E-state index in [9.17, 15) is 18.0 Å². The quantitative estimate of drug-likeness (QED) is 0.278. The van der Waals surface area contributed by atoms with Crippen molar-refractivity contribution in [3.8, 4) is 0 Å². The van der Waals surface area contributed by atoms with Crippen molar-refractivity contribution >= 4 is 5.97 Å². The summed E-state index contributed by atoms with van der Waals surface area (Å²) in [5.41, 5.74) is 0.00535. The van der Waals surface area contributed by atoms with Crippen LogP contribution < -0.4 is 0 Å². The van der Waals surface area contributed by atoms with E-state index in [0.717, 1.165) is 42.9 Å². The molecule has 4 saturated carbocycles. The Morgan fingerprint density at radius 1 is 0.971 bits per heavy atom. The second kappa shape index (κ2) is 8.63. The third kappa shape index (κ3) is 3.98. The highest BCUT2D eigenvalue weighted by Gasteiger charge is 2.77. The second-order valence-corrected chi connectivity index (χ2v) is 13.8. The largest absolute Gasteiger partial charge is 0.490 e. The third-order valence-electron chi connectivity index (χ3n) is 11.8. The van der Waals surface area contributed by atoms with E-state index in [2.05, 4.69) is 34.6 Å². The van der Waals surface area contributed by atoms with Crippen molar-refractivity contribution in [1.82, 2.24) is 0 Å². The number of hydrogen-bond acceptors (Lipinski definition) is 3. The van der Waals surface area contributed by atoms with E-state index in [1.165, 1.54) is 44.9 Å². The Bertz CT molecular complexity index is 826. The molecule has 6 heteroatoms. The summed E-state index contributed by atoms with van der Waals surface area (Å²) in [6.07, 6.45) is 6.35. The minimum atomic E-state index is -4.95. The van der Waals surface area contributed by atoms with E-state index < -0.39 is 23.9 Å². The maximum absolute atomic E-state index is 12.8. The average Bonchev–Trinajstić information content (AvgIpc) is 3.41. The molecule has 35 heavy (non-hydrogen) atoms. The molecule has 5 rings (SSSR count). The van der Waals surface area contributed by atoms with Crippen LogP contribution >= 0.6 is 0 Å². The summed E-state index contributed by atoms with van der Waals surface area (Å²) >= 11 is 0. The summed E-state index contributed by atoms with van der Waals surface area (Å²) in [5, 5.41) is 0. The first kappa shape index (κ1) is 25.9. The van der Waals surface area contributed by atoms with Crippen LogP contribution in [0.25, 0.3) is 0 Å². The van der Waals surface area contributed by atoms with Gasteiger partial charge < -0.3 is 9.47 Å². The van der Waals surface area contributed by atoms with Crippen molar-refractivity contribution in [3.05, 3.63) is 0 Å². The number of epoxide rings is 1. The first-order chi connectivity index (χ1) is 16.3. The number of hydrogen-bond donors (Lipinski definition) is 0. The second-order valence-electron chi connectivity index (χ2n) is 13.8. The van der Waals surface area contributed by atoms with Crippen LogP contribution in [-0.4, -0.2) is 30.0 Å². The maximum Gasteiger partial charge on any atom is 0.490 e. The number of carbonyl (C=O) groups excluding carboxylic acids is 1. The Kier molecular flexibility index (Phi) is 6.37. The molecule has 0 aromatic heterocycles. The zero-order valence-electron chi connectivity index (χ0n) is 22.3. The number of fused-ring (bicyclic) bond motifs is 4. The van der Waals surface area contributed by atoms with Crippen molar-refractivity contribution in [3.63, 3.8) is 0 Å². The number of halogens is 3. The first-order valence-electron chi connectivity index (χ1n) is 14.3. The van der Waals surface area contributed by atoms with Crippen LogP contribution in [0.3, 0.4) is 0 Å². The highest BCUT2D eigenvalue weighted by atomic mass is 19.4. The fourth-order valence-corrected chi connectivity index (χ4v) is 10.0. The molecule has 0 amide bonds. The molecular formula is C29H45F3O3. The van der Waals surface area contributed by atoms with E-state index in [-0.39, 0.29) is 11.5 Å². The molecule has 1 heterocycles. The highest BCUT2D eigenvalue weighted by molar-refractivity contribution is 5.75. The molecule has 0 radical (unpaired) electrons. The van der Waals surface area contributed by atoms with Crippen LogP contribution in [0.15, 0.2) is 0 Å². The summed E-state index contributed by atoms with van der Waals surface area (Å²) in [4.78, 5) is 11.5. The van der Waals surface area contributed by atoms with E-state index in [1.807, 2.05) is 0 Å². The number of alkyl halides is 3. The molecule has 0 aromatic carbocycles. The third-order valence-corrected chi connectivity index (χ3v) is 11.8. The Balaban J connectivity index is 1.28. The van der Waals surface area contributed by atoms with Gasteiger partial charge in [0.2, 0.25) is 0 Å². The molecule has 1 saturated heterocycles. The Morgan fingerprint density at radius 2 is 1.71 bits per heavy atom. The lowest BCUT2D eigenvalue weighted by molar-refractivity contribution is -0.207. The molecule has 1 spiro atoms. The van der Waals surface area contributed by atoms with Crippen molar-refractivity contribution in [1.29, 1.82) is 0 Å². The molecule has 0 bridgehead atoms. The molecule has 5 fully saturated rings. The predicted molar refractivity (Wildman–Crippen MR) is 129 cm³/mol. The van der Waals surface area contributed by atoms with Crippen molar-refractivity contribution < 1.29 is 27.4 Å². The van der Waals surface area contributed by atoms with Gasteiger partial charge in [0, 0.05) is 5.41 Å². The number of esters is 1. The van der Waals surface area contributed by atoms with Gasteiger partial charge in [-0.3, -0.25) is 0 Å². The van der Waals surface area contributed by atoms with Gasteiger partial charge in [0.15, 0.2) is 0 Å². The summed E-state index contributed by atoms with van der Waals surface area (Å²) in [5.74, 6) is 2.31. The van der Waals surface area contributed by atoms with Gasteiger partial charge in [-0.2, -0.15) is 13.2 Å². The molecule has 0 N–H and O–H groups in total. The smallest absolute Gasteiger partial charge is 0.453 e. The first-order valence-corrected chi connectivity index (χ1v) is 14.3. The molecular weight excluding hydrogens is 453 g/mol. The predicted octanol–water partition coefficient (Wildman–Crippen LogP) is 7.71. The summed E-state index contributed by atoms with van der Waals surface area (Å²) in [7, 11) is 0. The standard InChI is InChI=1S/C29H45F3O3/c1-17(2)7-6-8-18(3)20-9-10-21-19-11-16-28-24(35-28)23(34-25(33)29(30,31)32)13-15-27(28,5)22(19)12-14-26(20,21)4/h17-24H,6-16H2,1-5H3/t18-,19+,20-,21+,22+,23+,24-,26-,27-,28-/m1/s1. The van der Waals surface area contributed by atoms with Crippen LogP contribution in [0.1, 0.15) is 105 Å². The molecule has 3 nitrogen and oxygen atoms in total. The van der Waals surface area contributed by atoms with Crippen molar-refractivity contribution in [2.24, 2.45) is 46.3 Å². The van der Waals surface area contributed by atoms with Gasteiger partial charge in [-0.1, -0.05) is 53.9 Å². The van der Waals surface area contributed by atoms with Gasteiger partial charge in [0.25, 0.3) is 0 Å². The molecule has 1 aliphatic heterocycles. The van der Waals surface area contributed by atoms with Crippen molar-refractivity contribution in [2.45, 2.75) is 129 Å². The summed E-state index contributed by atoms with van der Waals surface area (Å²) < 4.78 is 49.6. The van der Waals surface area contributed by atoms with Crippen LogP contribution in [0.5, 0.6) is 0 Å². The van der Waals surface area contributed by atoms with E-state index in [0.29, 0.717) is 23.7 Å². The van der Waals surface area contributed by atoms with E-state index in [1.54, 1.807) is 0 Å². The van der Waals surface area contributed by atoms with Gasteiger partial charge in [0.05, 0.1) is 0 Å². The maximum atomic E-state index is 12.8. The summed E-state index contributed by atoms with van der Waals surface area (Å²) in [6, 6.07) is 0. The molecule has 5 aliphatic rings. The minimum absolute atomic E-state index is 0.0238. The Hall–Kier alpha value is -0.780. The van der Waals surface area contributed by atoms with Crippen LogP contribution in [-0.2, 0) is 14.3 Å². The Morgan fingerprint density at radius 3 is 2.40 bits per heavy atom. The van der Waals surface area contributed by atoms with Gasteiger partial charge >= 0.3 is 12.1 Å². The van der Waals surface area contributed by atoms with Gasteiger partial charge in [-0.05, 0) is 92.3 Å².